The van der Waals surface area contributed by atoms with Crippen molar-refractivity contribution < 1.29 is 43.0 Å². The average molecular weight is 472 g/mol. The van der Waals surface area contributed by atoms with E-state index in [4.69, 9.17) is 18.9 Å². The Morgan fingerprint density at radius 2 is 1.53 bits per heavy atom. The molecule has 2 aliphatic heterocycles. The zero-order valence-corrected chi connectivity index (χ0v) is 18.2. The number of hydrogen-bond acceptors (Lipinski definition) is 11. The predicted octanol–water partition coefficient (Wildman–Crippen LogP) is 1.55. The lowest BCUT2D eigenvalue weighted by Crippen LogP contribution is -2.45. The van der Waals surface area contributed by atoms with E-state index in [1.807, 2.05) is 0 Å². The molecule has 2 atom stereocenters. The fraction of sp³-hybridized carbons (Fsp3) is 0.273. The number of ether oxygens (including phenoxy) is 4. The average Bonchev–Trinajstić information content (AvgIpc) is 2.86. The summed E-state index contributed by atoms with van der Waals surface area (Å²) >= 11 is 0. The third kappa shape index (κ3) is 6.66. The summed E-state index contributed by atoms with van der Waals surface area (Å²) in [5.41, 5.74) is 0.0973. The van der Waals surface area contributed by atoms with Gasteiger partial charge in [0.1, 0.15) is 0 Å². The standard InChI is InChI=1S/C22H20N2O10/c1-12(2)21(27)33-17(8-25)19-23-20(18(9-26)34-22(28)13(3)4)32-11-15-6-5-14(10-31-19)7-16(15)24(29)30/h5-7,19-20,23H,1,3,10-11H2,2,4H3. The number of hydrogen-bond donors (Lipinski definition) is 1. The topological polar surface area (TPSA) is 160 Å². The van der Waals surface area contributed by atoms with Crippen LogP contribution in [0.1, 0.15) is 25.0 Å². The monoisotopic (exact) mass is 472 g/mol. The predicted molar refractivity (Wildman–Crippen MR) is 114 cm³/mol. The van der Waals surface area contributed by atoms with E-state index in [-0.39, 0.29) is 29.0 Å². The molecule has 12 heteroatoms. The van der Waals surface area contributed by atoms with Crippen molar-refractivity contribution in [3.63, 3.8) is 0 Å². The van der Waals surface area contributed by atoms with Gasteiger partial charge in [0.2, 0.25) is 11.5 Å². The number of nitrogens with zero attached hydrogens (tertiary/aromatic N) is 1. The second-order valence-electron chi connectivity index (χ2n) is 7.04. The molecular formula is C22H20N2O10. The van der Waals surface area contributed by atoms with Crippen LogP contribution in [0.3, 0.4) is 0 Å². The lowest BCUT2D eigenvalue weighted by atomic mass is 10.1. The van der Waals surface area contributed by atoms with Crippen LogP contribution in [0.2, 0.25) is 0 Å². The van der Waals surface area contributed by atoms with E-state index in [1.54, 1.807) is 0 Å². The molecule has 1 N–H and O–H groups in total. The second-order valence-corrected chi connectivity index (χ2v) is 7.04. The Labute approximate surface area is 193 Å². The van der Waals surface area contributed by atoms with Gasteiger partial charge in [0.05, 0.1) is 23.7 Å². The summed E-state index contributed by atoms with van der Waals surface area (Å²) in [4.78, 5) is 57.9. The van der Waals surface area contributed by atoms with E-state index in [1.165, 1.54) is 43.9 Å². The van der Waals surface area contributed by atoms with Gasteiger partial charge >= 0.3 is 11.9 Å². The number of nitro benzene ring substituents is 1. The number of esters is 2. The molecule has 2 bridgehead atoms. The highest BCUT2D eigenvalue weighted by Gasteiger charge is 2.31. The first kappa shape index (κ1) is 26.1. The van der Waals surface area contributed by atoms with Crippen LogP contribution in [0.5, 0.6) is 0 Å². The quantitative estimate of drug-likeness (QED) is 0.153. The highest BCUT2D eigenvalue weighted by atomic mass is 16.6. The molecule has 0 amide bonds. The van der Waals surface area contributed by atoms with Crippen molar-refractivity contribution in [3.05, 3.63) is 75.3 Å². The van der Waals surface area contributed by atoms with Crippen LogP contribution < -0.4 is 5.32 Å². The Balaban J connectivity index is 2.51. The van der Waals surface area contributed by atoms with E-state index < -0.39 is 47.4 Å². The first-order chi connectivity index (χ1) is 16.1. The molecule has 3 rings (SSSR count). The number of rotatable bonds is 7. The Hall–Kier alpha value is -4.18. The Morgan fingerprint density at radius 3 is 1.97 bits per heavy atom. The van der Waals surface area contributed by atoms with Crippen LogP contribution in [0.25, 0.3) is 0 Å². The summed E-state index contributed by atoms with van der Waals surface area (Å²) in [6.45, 7) is 8.76. The first-order valence-corrected chi connectivity index (χ1v) is 9.58. The van der Waals surface area contributed by atoms with E-state index in [2.05, 4.69) is 18.5 Å². The first-order valence-electron chi connectivity index (χ1n) is 9.58. The SMILES string of the molecule is C=C(C)C(=O)OC(=C=O)C1NC(C(=C=O)OC(=O)C(=C)C)OCc2ccc(cc2[N+](=O)[O-])CO1. The molecule has 0 saturated heterocycles. The minimum Gasteiger partial charge on any atom is -0.411 e. The van der Waals surface area contributed by atoms with Gasteiger partial charge in [-0.2, -0.15) is 0 Å². The van der Waals surface area contributed by atoms with Gasteiger partial charge in [0, 0.05) is 17.2 Å². The van der Waals surface area contributed by atoms with Crippen molar-refractivity contribution >= 4 is 29.5 Å². The number of carbonyl (C=O) groups excluding carboxylic acids is 4. The molecule has 2 heterocycles. The summed E-state index contributed by atoms with van der Waals surface area (Å²) in [5.74, 6) is -0.545. The van der Waals surface area contributed by atoms with E-state index in [0.717, 1.165) is 0 Å². The van der Waals surface area contributed by atoms with Crippen molar-refractivity contribution in [3.8, 4) is 0 Å². The summed E-state index contributed by atoms with van der Waals surface area (Å²) < 4.78 is 21.0. The lowest BCUT2D eigenvalue weighted by molar-refractivity contribution is -0.386. The maximum absolute atomic E-state index is 11.9. The van der Waals surface area contributed by atoms with Gasteiger partial charge in [-0.15, -0.1) is 0 Å². The largest absolute Gasteiger partial charge is 0.411 e. The van der Waals surface area contributed by atoms with Crippen LogP contribution >= 0.6 is 0 Å². The molecule has 178 valence electrons. The molecule has 0 spiro atoms. The maximum atomic E-state index is 11.9. The van der Waals surface area contributed by atoms with Gasteiger partial charge in [0.15, 0.2) is 24.3 Å². The van der Waals surface area contributed by atoms with Gasteiger partial charge in [-0.05, 0) is 25.5 Å². The Bertz CT molecular complexity index is 1140. The van der Waals surface area contributed by atoms with Gasteiger partial charge in [0.25, 0.3) is 5.69 Å². The van der Waals surface area contributed by atoms with Gasteiger partial charge in [-0.1, -0.05) is 19.2 Å². The van der Waals surface area contributed by atoms with Crippen LogP contribution in [-0.4, -0.2) is 41.2 Å². The fourth-order valence-corrected chi connectivity index (χ4v) is 2.51. The van der Waals surface area contributed by atoms with E-state index in [9.17, 15) is 29.3 Å². The third-order valence-electron chi connectivity index (χ3n) is 4.25. The minimum absolute atomic E-state index is 0.0352. The van der Waals surface area contributed by atoms with Crippen molar-refractivity contribution in [1.82, 2.24) is 5.32 Å². The molecule has 34 heavy (non-hydrogen) atoms. The van der Waals surface area contributed by atoms with Gasteiger partial charge in [-0.3, -0.25) is 15.4 Å². The minimum atomic E-state index is -1.63. The Kier molecular flexibility index (Phi) is 8.91. The van der Waals surface area contributed by atoms with Crippen LogP contribution in [0, 0.1) is 10.1 Å². The van der Waals surface area contributed by atoms with Crippen LogP contribution in [0.4, 0.5) is 5.69 Å². The number of carbonyl (C=O) groups is 2. The molecule has 0 aromatic heterocycles. The molecule has 1 aromatic rings. The van der Waals surface area contributed by atoms with Crippen molar-refractivity contribution in [2.75, 3.05) is 0 Å². The fourth-order valence-electron chi connectivity index (χ4n) is 2.51. The molecular weight excluding hydrogens is 452 g/mol. The van der Waals surface area contributed by atoms with E-state index in [0.29, 0.717) is 5.56 Å². The normalized spacial score (nSPS) is 17.2. The van der Waals surface area contributed by atoms with Crippen LogP contribution in [0.15, 0.2) is 54.0 Å². The highest BCUT2D eigenvalue weighted by Crippen LogP contribution is 2.25. The summed E-state index contributed by atoms with van der Waals surface area (Å²) in [5, 5.41) is 14.0. The lowest BCUT2D eigenvalue weighted by Gasteiger charge is -2.25. The maximum Gasteiger partial charge on any atom is 0.339 e. The Morgan fingerprint density at radius 1 is 1.03 bits per heavy atom. The summed E-state index contributed by atoms with van der Waals surface area (Å²) in [6, 6.07) is 4.17. The van der Waals surface area contributed by atoms with Crippen LogP contribution in [-0.2, 0) is 51.3 Å². The number of benzene rings is 1. The molecule has 0 aliphatic carbocycles. The number of nitrogens with one attached hydrogen (secondary N) is 1. The number of nitro groups is 1. The number of fused-ring (bicyclic) bond motifs is 8. The summed E-state index contributed by atoms with van der Waals surface area (Å²) in [6.07, 6.45) is -3.21. The molecule has 0 saturated carbocycles. The van der Waals surface area contributed by atoms with Crippen molar-refractivity contribution in [2.45, 2.75) is 39.5 Å². The van der Waals surface area contributed by atoms with Gasteiger partial charge in [-0.25, -0.2) is 19.2 Å². The van der Waals surface area contributed by atoms with E-state index >= 15 is 0 Å². The third-order valence-corrected chi connectivity index (χ3v) is 4.25. The molecule has 2 unspecified atom stereocenters. The molecule has 0 fully saturated rings. The summed E-state index contributed by atoms with van der Waals surface area (Å²) in [7, 11) is 0. The molecule has 0 radical (unpaired) electrons. The molecule has 12 nitrogen and oxygen atoms in total. The van der Waals surface area contributed by atoms with Crippen molar-refractivity contribution in [1.29, 1.82) is 0 Å². The highest BCUT2D eigenvalue weighted by molar-refractivity contribution is 5.89. The van der Waals surface area contributed by atoms with Crippen molar-refractivity contribution in [2.24, 2.45) is 0 Å². The smallest absolute Gasteiger partial charge is 0.339 e. The zero-order chi connectivity index (χ0) is 25.4. The van der Waals surface area contributed by atoms with Gasteiger partial charge < -0.3 is 18.9 Å². The molecule has 2 aliphatic rings. The second kappa shape index (κ2) is 11.6. The zero-order valence-electron chi connectivity index (χ0n) is 18.2. The molecule has 1 aromatic carbocycles.